The lowest BCUT2D eigenvalue weighted by molar-refractivity contribution is -0.117. The fourth-order valence-electron chi connectivity index (χ4n) is 1.51. The molecule has 1 aromatic rings. The summed E-state index contributed by atoms with van der Waals surface area (Å²) in [7, 11) is 0. The quantitative estimate of drug-likeness (QED) is 0.797. The van der Waals surface area contributed by atoms with E-state index in [0.29, 0.717) is 13.1 Å². The Bertz CT molecular complexity index is 421. The summed E-state index contributed by atoms with van der Waals surface area (Å²) in [5, 5.41) is 5.89. The smallest absolute Gasteiger partial charge is 0.249 e. The number of hydrogen-bond donors (Lipinski definition) is 2. The number of nitrogens with one attached hydrogen (secondary N) is 2. The van der Waals surface area contributed by atoms with E-state index in [1.54, 1.807) is 0 Å². The van der Waals surface area contributed by atoms with Crippen LogP contribution in [0.3, 0.4) is 0 Å². The fraction of sp³-hybridized carbons (Fsp3) is 0.154. The molecule has 1 heterocycles. The maximum atomic E-state index is 11.7. The molecule has 3 heteroatoms. The summed E-state index contributed by atoms with van der Waals surface area (Å²) >= 11 is 0. The number of benzene rings is 1. The van der Waals surface area contributed by atoms with Crippen LogP contribution in [-0.4, -0.2) is 12.5 Å². The molecule has 1 amide bonds. The van der Waals surface area contributed by atoms with Gasteiger partial charge in [-0.15, -0.1) is 0 Å². The van der Waals surface area contributed by atoms with Crippen molar-refractivity contribution in [3.63, 3.8) is 0 Å². The minimum atomic E-state index is -0.0132. The standard InChI is InChI=1S/C13H14N2O/c16-13(12-7-4-8-14-10-12)15-9-11-5-2-1-3-6-11/h1-8,14H,9-10H2,(H,15,16). The van der Waals surface area contributed by atoms with E-state index < -0.39 is 0 Å². The van der Waals surface area contributed by atoms with E-state index in [9.17, 15) is 4.79 Å². The Kier molecular flexibility index (Phi) is 3.38. The average Bonchev–Trinajstić information content (AvgIpc) is 2.38. The molecule has 0 atom stereocenters. The molecular weight excluding hydrogens is 200 g/mol. The molecule has 3 nitrogen and oxygen atoms in total. The van der Waals surface area contributed by atoms with Crippen LogP contribution in [0, 0.1) is 0 Å². The average molecular weight is 214 g/mol. The molecule has 0 saturated heterocycles. The van der Waals surface area contributed by atoms with Gasteiger partial charge in [0.1, 0.15) is 0 Å². The van der Waals surface area contributed by atoms with Gasteiger partial charge in [0.05, 0.1) is 0 Å². The molecule has 0 unspecified atom stereocenters. The molecule has 0 aliphatic carbocycles. The largest absolute Gasteiger partial charge is 0.387 e. The van der Waals surface area contributed by atoms with Crippen LogP contribution in [0.4, 0.5) is 0 Å². The lowest BCUT2D eigenvalue weighted by atomic mass is 10.2. The third-order valence-corrected chi connectivity index (χ3v) is 2.39. The first-order valence-corrected chi connectivity index (χ1v) is 5.27. The highest BCUT2D eigenvalue weighted by atomic mass is 16.1. The number of carbonyl (C=O) groups excluding carboxylic acids is 1. The first-order valence-electron chi connectivity index (χ1n) is 5.27. The summed E-state index contributed by atoms with van der Waals surface area (Å²) in [6.07, 6.45) is 5.49. The molecule has 0 bridgehead atoms. The molecule has 82 valence electrons. The van der Waals surface area contributed by atoms with Crippen LogP contribution in [0.5, 0.6) is 0 Å². The minimum Gasteiger partial charge on any atom is -0.387 e. The van der Waals surface area contributed by atoms with Crippen LogP contribution < -0.4 is 10.6 Å². The molecule has 2 rings (SSSR count). The van der Waals surface area contributed by atoms with Gasteiger partial charge in [-0.25, -0.2) is 0 Å². The highest BCUT2D eigenvalue weighted by Gasteiger charge is 2.08. The van der Waals surface area contributed by atoms with Crippen molar-refractivity contribution in [1.29, 1.82) is 0 Å². The Labute approximate surface area is 94.9 Å². The normalized spacial score (nSPS) is 13.9. The van der Waals surface area contributed by atoms with Crippen molar-refractivity contribution in [2.75, 3.05) is 6.54 Å². The summed E-state index contributed by atoms with van der Waals surface area (Å²) in [4.78, 5) is 11.7. The van der Waals surface area contributed by atoms with Gasteiger partial charge in [0.15, 0.2) is 0 Å². The van der Waals surface area contributed by atoms with Gasteiger partial charge in [-0.2, -0.15) is 0 Å². The first kappa shape index (κ1) is 10.5. The molecule has 0 aromatic heterocycles. The highest BCUT2D eigenvalue weighted by molar-refractivity contribution is 5.94. The van der Waals surface area contributed by atoms with Gasteiger partial charge < -0.3 is 10.6 Å². The van der Waals surface area contributed by atoms with E-state index in [-0.39, 0.29) is 5.91 Å². The van der Waals surface area contributed by atoms with Gasteiger partial charge in [0.25, 0.3) is 0 Å². The molecule has 0 fully saturated rings. The maximum Gasteiger partial charge on any atom is 0.249 e. The lowest BCUT2D eigenvalue weighted by Gasteiger charge is -2.11. The Morgan fingerprint density at radius 3 is 2.81 bits per heavy atom. The number of allylic oxidation sites excluding steroid dienone is 2. The third-order valence-electron chi connectivity index (χ3n) is 2.39. The fourth-order valence-corrected chi connectivity index (χ4v) is 1.51. The van der Waals surface area contributed by atoms with Crippen molar-refractivity contribution >= 4 is 5.91 Å². The van der Waals surface area contributed by atoms with E-state index in [2.05, 4.69) is 10.6 Å². The van der Waals surface area contributed by atoms with Crippen molar-refractivity contribution in [3.8, 4) is 0 Å². The number of amides is 1. The number of rotatable bonds is 3. The summed E-state index contributed by atoms with van der Waals surface area (Å²) < 4.78 is 0. The minimum absolute atomic E-state index is 0.0132. The first-order chi connectivity index (χ1) is 7.86. The topological polar surface area (TPSA) is 41.1 Å². The van der Waals surface area contributed by atoms with Crippen LogP contribution in [0.15, 0.2) is 54.3 Å². The van der Waals surface area contributed by atoms with Crippen molar-refractivity contribution in [2.45, 2.75) is 6.54 Å². The van der Waals surface area contributed by atoms with Crippen LogP contribution in [-0.2, 0) is 11.3 Å². The predicted molar refractivity (Wildman–Crippen MR) is 63.5 cm³/mol. The second kappa shape index (κ2) is 5.16. The SMILES string of the molecule is O=C(NCc1ccccc1)C1=CC=CNC1. The molecular formula is C13H14N2O. The van der Waals surface area contributed by atoms with E-state index in [1.165, 1.54) is 0 Å². The van der Waals surface area contributed by atoms with Gasteiger partial charge in [0.2, 0.25) is 5.91 Å². The van der Waals surface area contributed by atoms with Gasteiger partial charge in [-0.1, -0.05) is 36.4 Å². The second-order valence-electron chi connectivity index (χ2n) is 3.60. The summed E-state index contributed by atoms with van der Waals surface area (Å²) in [5.41, 5.74) is 1.87. The molecule has 0 saturated carbocycles. The van der Waals surface area contributed by atoms with Gasteiger partial charge in [0, 0.05) is 18.7 Å². The van der Waals surface area contributed by atoms with Crippen LogP contribution in [0.2, 0.25) is 0 Å². The zero-order chi connectivity index (χ0) is 11.2. The van der Waals surface area contributed by atoms with Crippen LogP contribution in [0.25, 0.3) is 0 Å². The van der Waals surface area contributed by atoms with Crippen molar-refractivity contribution in [2.24, 2.45) is 0 Å². The van der Waals surface area contributed by atoms with Gasteiger partial charge in [-0.3, -0.25) is 4.79 Å². The Balaban J connectivity index is 1.89. The summed E-state index contributed by atoms with van der Waals surface area (Å²) in [6, 6.07) is 9.88. The molecule has 0 radical (unpaired) electrons. The predicted octanol–water partition coefficient (Wildman–Crippen LogP) is 1.35. The molecule has 0 spiro atoms. The number of hydrogen-bond acceptors (Lipinski definition) is 2. The zero-order valence-electron chi connectivity index (χ0n) is 8.94. The molecule has 2 N–H and O–H groups in total. The van der Waals surface area contributed by atoms with Gasteiger partial charge >= 0.3 is 0 Å². The monoisotopic (exact) mass is 214 g/mol. The number of dihydropyridines is 1. The summed E-state index contributed by atoms with van der Waals surface area (Å²) in [6.45, 7) is 1.16. The van der Waals surface area contributed by atoms with Crippen LogP contribution >= 0.6 is 0 Å². The van der Waals surface area contributed by atoms with Crippen molar-refractivity contribution < 1.29 is 4.79 Å². The molecule has 16 heavy (non-hydrogen) atoms. The highest BCUT2D eigenvalue weighted by Crippen LogP contribution is 2.01. The Morgan fingerprint density at radius 2 is 2.12 bits per heavy atom. The van der Waals surface area contributed by atoms with Gasteiger partial charge in [-0.05, 0) is 17.8 Å². The van der Waals surface area contributed by atoms with Crippen molar-refractivity contribution in [3.05, 3.63) is 59.8 Å². The Morgan fingerprint density at radius 1 is 1.31 bits per heavy atom. The van der Waals surface area contributed by atoms with Crippen molar-refractivity contribution in [1.82, 2.24) is 10.6 Å². The summed E-state index contributed by atoms with van der Waals surface area (Å²) in [5.74, 6) is -0.0132. The lowest BCUT2D eigenvalue weighted by Crippen LogP contribution is -2.29. The van der Waals surface area contributed by atoms with E-state index in [1.807, 2.05) is 48.7 Å². The second-order valence-corrected chi connectivity index (χ2v) is 3.60. The van der Waals surface area contributed by atoms with Crippen LogP contribution in [0.1, 0.15) is 5.56 Å². The molecule has 1 aromatic carbocycles. The maximum absolute atomic E-state index is 11.7. The molecule has 1 aliphatic rings. The third kappa shape index (κ3) is 2.73. The zero-order valence-corrected chi connectivity index (χ0v) is 8.94. The molecule has 1 aliphatic heterocycles. The van der Waals surface area contributed by atoms with E-state index >= 15 is 0 Å². The van der Waals surface area contributed by atoms with E-state index in [4.69, 9.17) is 0 Å². The number of carbonyl (C=O) groups is 1. The van der Waals surface area contributed by atoms with E-state index in [0.717, 1.165) is 11.1 Å². The Hall–Kier alpha value is -2.03.